The maximum absolute atomic E-state index is 13.2. The number of aryl methyl sites for hydroxylation is 1. The third-order valence-electron chi connectivity index (χ3n) is 6.33. The zero-order valence-electron chi connectivity index (χ0n) is 17.2. The highest BCUT2D eigenvalue weighted by molar-refractivity contribution is 7.91. The maximum Gasteiger partial charge on any atom is 0.354 e. The van der Waals surface area contributed by atoms with Crippen molar-refractivity contribution in [3.8, 4) is 5.88 Å². The molecule has 0 bridgehead atoms. The van der Waals surface area contributed by atoms with Crippen LogP contribution in [0.15, 0.2) is 15.5 Å². The van der Waals surface area contributed by atoms with Crippen LogP contribution in [-0.4, -0.2) is 31.6 Å². The molecule has 30 heavy (non-hydrogen) atoms. The van der Waals surface area contributed by atoms with Gasteiger partial charge >= 0.3 is 6.03 Å². The second kappa shape index (κ2) is 7.05. The van der Waals surface area contributed by atoms with Gasteiger partial charge in [0.1, 0.15) is 4.90 Å². The van der Waals surface area contributed by atoms with E-state index in [9.17, 15) is 9.00 Å². The van der Waals surface area contributed by atoms with Crippen molar-refractivity contribution in [3.63, 3.8) is 0 Å². The first-order valence-corrected chi connectivity index (χ1v) is 12.0. The van der Waals surface area contributed by atoms with Crippen LogP contribution in [0.3, 0.4) is 0 Å². The van der Waals surface area contributed by atoms with Gasteiger partial charge < -0.3 is 10.1 Å². The van der Waals surface area contributed by atoms with E-state index < -0.39 is 15.9 Å². The number of ether oxygens (including phenoxy) is 1. The van der Waals surface area contributed by atoms with E-state index in [0.717, 1.165) is 66.7 Å². The molecule has 2 aliphatic carbocycles. The lowest BCUT2D eigenvalue weighted by atomic mass is 10.0. The molecule has 3 heterocycles. The average Bonchev–Trinajstić information content (AvgIpc) is 3.40. The molecule has 9 nitrogen and oxygen atoms in total. The van der Waals surface area contributed by atoms with E-state index >= 15 is 0 Å². The molecule has 0 saturated heterocycles. The molecule has 0 saturated carbocycles. The molecule has 3 aliphatic rings. The molecule has 0 fully saturated rings. The zero-order chi connectivity index (χ0) is 21.0. The van der Waals surface area contributed by atoms with Gasteiger partial charge in [-0.2, -0.15) is 5.10 Å². The number of nitrogens with zero attached hydrogens (tertiary/aromatic N) is 4. The molecule has 0 aromatic carbocycles. The van der Waals surface area contributed by atoms with Crippen molar-refractivity contribution < 1.29 is 13.7 Å². The summed E-state index contributed by atoms with van der Waals surface area (Å²) < 4.78 is 24.3. The summed E-state index contributed by atoms with van der Waals surface area (Å²) in [5, 5.41) is 13.1. The number of nitrogens with one attached hydrogen (secondary N) is 1. The molecular weight excluding hydrogens is 404 g/mol. The number of fused-ring (bicyclic) bond motifs is 3. The quantitative estimate of drug-likeness (QED) is 0.757. The summed E-state index contributed by atoms with van der Waals surface area (Å²) in [4.78, 5) is 17.8. The summed E-state index contributed by atoms with van der Waals surface area (Å²) in [6, 6.07) is -0.608. The normalized spacial score (nSPS) is 23.7. The fraction of sp³-hybridized carbons (Fsp3) is 0.550. The van der Waals surface area contributed by atoms with E-state index in [0.29, 0.717) is 18.4 Å². The topological polar surface area (TPSA) is 124 Å². The number of carbonyl (C=O) groups excluding carboxylic acids is 1. The van der Waals surface area contributed by atoms with Crippen molar-refractivity contribution in [2.75, 3.05) is 11.9 Å². The summed E-state index contributed by atoms with van der Waals surface area (Å²) >= 11 is 0. The standard InChI is InChI=1S/C20H26N6O3S/c1-11-6-7-14-17(11)23-15-5-3-4-13(15)18(14)24-20(27)25-30(21,28)16-10-22-26-12(2)8-9-29-19(16)26/h10-12H,3-9H2,1-2H3,(H3,21,23,24,25,27,28). The Bertz CT molecular complexity index is 1160. The number of aromatic nitrogens is 3. The van der Waals surface area contributed by atoms with E-state index in [2.05, 4.69) is 21.7 Å². The molecule has 10 heteroatoms. The highest BCUT2D eigenvalue weighted by Crippen LogP contribution is 2.41. The fourth-order valence-corrected chi connectivity index (χ4v) is 5.68. The third kappa shape index (κ3) is 3.09. The van der Waals surface area contributed by atoms with Gasteiger partial charge in [-0.15, -0.1) is 4.36 Å². The Hall–Kier alpha value is -2.46. The number of hydrogen-bond donors (Lipinski definition) is 2. The van der Waals surface area contributed by atoms with Crippen LogP contribution >= 0.6 is 0 Å². The molecule has 2 amide bonds. The maximum atomic E-state index is 13.2. The van der Waals surface area contributed by atoms with E-state index in [1.165, 1.54) is 6.20 Å². The molecule has 3 N–H and O–H groups in total. The van der Waals surface area contributed by atoms with Crippen molar-refractivity contribution in [1.29, 1.82) is 0 Å². The Kier molecular flexibility index (Phi) is 4.59. The molecule has 1 aliphatic heterocycles. The van der Waals surface area contributed by atoms with E-state index in [4.69, 9.17) is 14.9 Å². The highest BCUT2D eigenvalue weighted by Gasteiger charge is 2.31. The van der Waals surface area contributed by atoms with Crippen molar-refractivity contribution in [3.05, 3.63) is 28.7 Å². The largest absolute Gasteiger partial charge is 0.477 e. The summed E-state index contributed by atoms with van der Waals surface area (Å²) in [5.41, 5.74) is 5.07. The first-order chi connectivity index (χ1) is 14.3. The van der Waals surface area contributed by atoms with E-state index in [1.807, 2.05) is 6.92 Å². The Labute approximate surface area is 175 Å². The highest BCUT2D eigenvalue weighted by atomic mass is 32.2. The van der Waals surface area contributed by atoms with Crippen molar-refractivity contribution in [2.45, 2.75) is 69.2 Å². The van der Waals surface area contributed by atoms with Crippen LogP contribution in [-0.2, 0) is 29.2 Å². The monoisotopic (exact) mass is 430 g/mol. The minimum absolute atomic E-state index is 0.107. The molecule has 0 radical (unpaired) electrons. The smallest absolute Gasteiger partial charge is 0.354 e. The summed E-state index contributed by atoms with van der Waals surface area (Å²) in [7, 11) is -3.50. The van der Waals surface area contributed by atoms with E-state index in [-0.39, 0.29) is 10.9 Å². The molecule has 5 rings (SSSR count). The fourth-order valence-electron chi connectivity index (χ4n) is 4.69. The lowest BCUT2D eigenvalue weighted by Crippen LogP contribution is -2.22. The van der Waals surface area contributed by atoms with Crippen LogP contribution in [0.25, 0.3) is 0 Å². The first-order valence-electron chi connectivity index (χ1n) is 10.5. The second-order valence-electron chi connectivity index (χ2n) is 8.40. The lowest BCUT2D eigenvalue weighted by molar-refractivity contribution is 0.196. The summed E-state index contributed by atoms with van der Waals surface area (Å²) in [6.45, 7) is 4.64. The van der Waals surface area contributed by atoms with Crippen molar-refractivity contribution >= 4 is 21.6 Å². The van der Waals surface area contributed by atoms with Gasteiger partial charge in [-0.25, -0.2) is 18.8 Å². The van der Waals surface area contributed by atoms with Crippen molar-refractivity contribution in [1.82, 2.24) is 14.8 Å². The molecule has 2 aromatic heterocycles. The van der Waals surface area contributed by atoms with Crippen LogP contribution in [0, 0.1) is 0 Å². The lowest BCUT2D eigenvalue weighted by Gasteiger charge is -2.22. The molecule has 3 atom stereocenters. The number of amides is 2. The molecule has 0 spiro atoms. The number of hydrogen-bond acceptors (Lipinski definition) is 5. The number of pyridine rings is 1. The minimum atomic E-state index is -3.50. The number of rotatable bonds is 2. The molecular formula is C20H26N6O3S. The summed E-state index contributed by atoms with van der Waals surface area (Å²) in [6.07, 6.45) is 6.88. The summed E-state index contributed by atoms with van der Waals surface area (Å²) in [5.74, 6) is 0.702. The van der Waals surface area contributed by atoms with Crippen LogP contribution in [0.1, 0.15) is 67.6 Å². The predicted molar refractivity (Wildman–Crippen MR) is 112 cm³/mol. The third-order valence-corrected chi connectivity index (χ3v) is 7.67. The van der Waals surface area contributed by atoms with Crippen LogP contribution in [0.4, 0.5) is 10.5 Å². The second-order valence-corrected chi connectivity index (χ2v) is 10.2. The van der Waals surface area contributed by atoms with Gasteiger partial charge in [-0.3, -0.25) is 4.98 Å². The van der Waals surface area contributed by atoms with E-state index in [1.54, 1.807) is 4.68 Å². The molecule has 3 unspecified atom stereocenters. The Morgan fingerprint density at radius 3 is 2.97 bits per heavy atom. The molecule has 2 aromatic rings. The van der Waals surface area contributed by atoms with Crippen LogP contribution < -0.4 is 15.2 Å². The minimum Gasteiger partial charge on any atom is -0.477 e. The zero-order valence-corrected chi connectivity index (χ0v) is 18.0. The van der Waals surface area contributed by atoms with Gasteiger partial charge in [0.2, 0.25) is 5.88 Å². The first kappa shape index (κ1) is 19.5. The van der Waals surface area contributed by atoms with Crippen LogP contribution in [0.5, 0.6) is 5.88 Å². The number of nitrogens with two attached hydrogens (primary N) is 1. The number of carbonyl (C=O) groups is 1. The van der Waals surface area contributed by atoms with Gasteiger partial charge in [0.25, 0.3) is 0 Å². The average molecular weight is 431 g/mol. The Morgan fingerprint density at radius 2 is 2.13 bits per heavy atom. The van der Waals surface area contributed by atoms with Gasteiger partial charge in [-0.1, -0.05) is 6.92 Å². The molecule has 160 valence electrons. The number of anilines is 1. The predicted octanol–water partition coefficient (Wildman–Crippen LogP) is 3.09. The Balaban J connectivity index is 1.50. The SMILES string of the molecule is CC1CCc2c1nc1c(c2NC(=O)N=S(N)(=O)c2cnn3c2OCCC3C)CCC1. The van der Waals surface area contributed by atoms with Gasteiger partial charge in [-0.05, 0) is 56.1 Å². The van der Waals surface area contributed by atoms with Gasteiger partial charge in [0, 0.05) is 17.8 Å². The Morgan fingerprint density at radius 1 is 1.30 bits per heavy atom. The van der Waals surface area contributed by atoms with Gasteiger partial charge in [0.05, 0.1) is 24.5 Å². The van der Waals surface area contributed by atoms with Crippen molar-refractivity contribution in [2.24, 2.45) is 9.50 Å². The van der Waals surface area contributed by atoms with Crippen LogP contribution in [0.2, 0.25) is 0 Å². The van der Waals surface area contributed by atoms with Gasteiger partial charge in [0.15, 0.2) is 9.92 Å². The number of urea groups is 1.